The van der Waals surface area contributed by atoms with Gasteiger partial charge in [0.05, 0.1) is 11.0 Å². The molecule has 0 N–H and O–H groups in total. The molecule has 0 saturated carbocycles. The molecule has 0 fully saturated rings. The largest absolute Gasteiger partial charge is 0.376 e. The van der Waals surface area contributed by atoms with Gasteiger partial charge in [0.25, 0.3) is 0 Å². The highest BCUT2D eigenvalue weighted by Crippen LogP contribution is 2.58. The maximum Gasteiger partial charge on any atom is 0.333 e. The maximum absolute atomic E-state index is 2.77. The highest BCUT2D eigenvalue weighted by molar-refractivity contribution is 7.27. The molecule has 10 aromatic rings. The van der Waals surface area contributed by atoms with Gasteiger partial charge in [-0.3, -0.25) is 0 Å². The van der Waals surface area contributed by atoms with Crippen LogP contribution < -0.4 is 15.7 Å². The van der Waals surface area contributed by atoms with E-state index in [0.29, 0.717) is 0 Å². The van der Waals surface area contributed by atoms with Gasteiger partial charge in [0.15, 0.2) is 0 Å². The topological polar surface area (TPSA) is 8.17 Å². The molecule has 8 aromatic carbocycles. The highest BCUT2D eigenvalue weighted by atomic mass is 32.1. The second-order valence-corrected chi connectivity index (χ2v) is 24.0. The van der Waals surface area contributed by atoms with Gasteiger partial charge in [-0.1, -0.05) is 160 Å². The van der Waals surface area contributed by atoms with Gasteiger partial charge in [-0.15, -0.1) is 11.3 Å². The summed E-state index contributed by atoms with van der Waals surface area (Å²) in [5.41, 5.74) is 25.5. The summed E-state index contributed by atoms with van der Waals surface area (Å²) in [5.74, 6) is 0. The number of benzene rings is 8. The fourth-order valence-corrected chi connectivity index (χ4v) is 14.3. The van der Waals surface area contributed by atoms with E-state index in [0.717, 1.165) is 0 Å². The van der Waals surface area contributed by atoms with E-state index in [1.54, 1.807) is 0 Å². The van der Waals surface area contributed by atoms with Crippen LogP contribution in [0.1, 0.15) is 103 Å². The van der Waals surface area contributed by atoms with Gasteiger partial charge in [0, 0.05) is 64.4 Å². The molecular weight excluding hydrogens is 816 g/mol. The average molecular weight is 869 g/mol. The Hall–Kier alpha value is -6.36. The lowest BCUT2D eigenvalue weighted by atomic mass is 9.43. The fourth-order valence-electron chi connectivity index (χ4n) is 13.0. The van der Waals surface area contributed by atoms with Crippen molar-refractivity contribution in [1.29, 1.82) is 0 Å². The van der Waals surface area contributed by atoms with E-state index in [-0.39, 0.29) is 28.5 Å². The van der Waals surface area contributed by atoms with Crippen LogP contribution in [0.4, 0.5) is 11.4 Å². The summed E-state index contributed by atoms with van der Waals surface area (Å²) in [4.78, 5) is 2.77. The minimum atomic E-state index is -0.157. The van der Waals surface area contributed by atoms with E-state index in [1.165, 1.54) is 137 Å². The highest BCUT2D eigenvalue weighted by Gasteiger charge is 2.49. The van der Waals surface area contributed by atoms with Crippen LogP contribution in [0, 0.1) is 0 Å². The van der Waals surface area contributed by atoms with Gasteiger partial charge >= 0.3 is 6.85 Å². The van der Waals surface area contributed by atoms with E-state index in [1.807, 2.05) is 11.3 Å². The van der Waals surface area contributed by atoms with E-state index < -0.39 is 0 Å². The molecule has 2 aliphatic carbocycles. The zero-order chi connectivity index (χ0) is 45.1. The van der Waals surface area contributed by atoms with Crippen molar-refractivity contribution in [2.45, 2.75) is 90.9 Å². The number of hydrogen-bond donors (Lipinski definition) is 0. The lowest BCUT2D eigenvalue weighted by molar-refractivity contribution is 0.590. The molecule has 4 heteroatoms. The first-order valence-corrected chi connectivity index (χ1v) is 24.8. The second kappa shape index (κ2) is 12.3. The summed E-state index contributed by atoms with van der Waals surface area (Å²) < 4.78 is 5.44. The van der Waals surface area contributed by atoms with E-state index in [4.69, 9.17) is 0 Å². The molecule has 14 rings (SSSR count). The third-order valence-corrected chi connectivity index (χ3v) is 17.7. The Balaban J connectivity index is 1.23. The van der Waals surface area contributed by atoms with Crippen molar-refractivity contribution in [1.82, 2.24) is 4.57 Å². The Kier molecular flexibility index (Phi) is 7.27. The van der Waals surface area contributed by atoms with Crippen molar-refractivity contribution >= 4 is 82.5 Å². The molecule has 0 radical (unpaired) electrons. The van der Waals surface area contributed by atoms with Crippen LogP contribution in [0.5, 0.6) is 0 Å². The average Bonchev–Trinajstić information content (AvgIpc) is 3.98. The van der Waals surface area contributed by atoms with Crippen LogP contribution in [0.25, 0.3) is 81.0 Å². The van der Waals surface area contributed by atoms with Crippen molar-refractivity contribution in [3.05, 3.63) is 173 Å². The predicted octanol–water partition coefficient (Wildman–Crippen LogP) is 15.6. The molecule has 0 spiro atoms. The summed E-state index contributed by atoms with van der Waals surface area (Å²) in [7, 11) is 0. The number of thiophene rings is 1. The van der Waals surface area contributed by atoms with Crippen molar-refractivity contribution in [3.8, 4) is 39.1 Å². The summed E-state index contributed by atoms with van der Waals surface area (Å²) in [6.07, 6.45) is 0. The monoisotopic (exact) mass is 868 g/mol. The molecule has 66 heavy (non-hydrogen) atoms. The molecule has 4 aliphatic rings. The first kappa shape index (κ1) is 38.9. The Bertz CT molecular complexity index is 3840. The van der Waals surface area contributed by atoms with E-state index >= 15 is 0 Å². The summed E-state index contributed by atoms with van der Waals surface area (Å²) in [6.45, 7) is 23.7. The summed E-state index contributed by atoms with van der Waals surface area (Å²) in [5, 5.41) is 5.49. The third kappa shape index (κ3) is 4.73. The van der Waals surface area contributed by atoms with Crippen molar-refractivity contribution in [2.24, 2.45) is 0 Å². The van der Waals surface area contributed by atoms with Crippen LogP contribution in [0.3, 0.4) is 0 Å². The standard InChI is InChI=1S/C62H53BN2S/c1-59(2,3)34-23-26-36(27-24-34)65-50-33-47-40(37-17-11-14-20-44(37)62(47,9)10)30-43(50)53-54-39-19-13-16-22-52(39)66-58(54)55-42-29-35(60(4,5)6)25-28-49(42)64-51-31-41-38-18-12-15-21-45(38)61(7,8)46(41)32-48(51)63(65)56(53)57(55)64/h11-33H,1-10H3. The van der Waals surface area contributed by atoms with Crippen LogP contribution in [0.15, 0.2) is 140 Å². The van der Waals surface area contributed by atoms with Crippen LogP contribution in [-0.2, 0) is 21.7 Å². The van der Waals surface area contributed by atoms with Crippen LogP contribution >= 0.6 is 11.3 Å². The van der Waals surface area contributed by atoms with Crippen molar-refractivity contribution in [2.75, 3.05) is 4.81 Å². The fraction of sp³-hybridized carbons (Fsp3) is 0.226. The number of nitrogens with zero attached hydrogens (tertiary/aromatic N) is 2. The minimum absolute atomic E-state index is 0.00770. The normalized spacial score (nSPS) is 15.9. The lowest BCUT2D eigenvalue weighted by Crippen LogP contribution is -2.60. The Morgan fingerprint density at radius 3 is 1.79 bits per heavy atom. The zero-order valence-electron chi connectivity index (χ0n) is 39.7. The van der Waals surface area contributed by atoms with Gasteiger partial charge in [-0.25, -0.2) is 0 Å². The molecular formula is C62H53BN2S. The lowest BCUT2D eigenvalue weighted by Gasteiger charge is -2.43. The number of aromatic nitrogens is 1. The zero-order valence-corrected chi connectivity index (χ0v) is 40.5. The quantitative estimate of drug-likeness (QED) is 0.149. The maximum atomic E-state index is 2.77. The van der Waals surface area contributed by atoms with Gasteiger partial charge in [0.2, 0.25) is 0 Å². The molecule has 0 saturated heterocycles. The molecule has 0 amide bonds. The van der Waals surface area contributed by atoms with Crippen LogP contribution in [-0.4, -0.2) is 11.4 Å². The first-order chi connectivity index (χ1) is 31.5. The molecule has 2 aliphatic heterocycles. The number of fused-ring (bicyclic) bond motifs is 19. The second-order valence-electron chi connectivity index (χ2n) is 22.9. The summed E-state index contributed by atoms with van der Waals surface area (Å²) in [6, 6.07) is 55.0. The van der Waals surface area contributed by atoms with E-state index in [9.17, 15) is 0 Å². The Labute approximate surface area is 392 Å². The van der Waals surface area contributed by atoms with E-state index in [2.05, 4.69) is 218 Å². The molecule has 4 heterocycles. The number of rotatable bonds is 1. The molecule has 2 nitrogen and oxygen atoms in total. The molecule has 0 unspecified atom stereocenters. The van der Waals surface area contributed by atoms with Crippen molar-refractivity contribution < 1.29 is 0 Å². The molecule has 320 valence electrons. The Morgan fingerprint density at radius 2 is 1.11 bits per heavy atom. The van der Waals surface area contributed by atoms with Crippen LogP contribution in [0.2, 0.25) is 0 Å². The van der Waals surface area contributed by atoms with Gasteiger partial charge in [-0.05, 0) is 131 Å². The SMILES string of the molecule is CC(C)(C)c1ccc(N2B3c4cc5c(cc4-n4c6ccc(C(C)(C)C)cc6c6c7sc8ccccc8c7c(c3c64)-c3cc4c(cc32)C(C)(C)c2ccccc2-4)-c2ccccc2C5(C)C)cc1. The third-order valence-electron chi connectivity index (χ3n) is 16.5. The van der Waals surface area contributed by atoms with Gasteiger partial charge < -0.3 is 9.38 Å². The summed E-state index contributed by atoms with van der Waals surface area (Å²) >= 11 is 1.99. The predicted molar refractivity (Wildman–Crippen MR) is 285 cm³/mol. The minimum Gasteiger partial charge on any atom is -0.376 e. The van der Waals surface area contributed by atoms with Gasteiger partial charge in [-0.2, -0.15) is 0 Å². The van der Waals surface area contributed by atoms with Crippen molar-refractivity contribution in [3.63, 3.8) is 0 Å². The smallest absolute Gasteiger partial charge is 0.333 e. The van der Waals surface area contributed by atoms with Gasteiger partial charge in [0.1, 0.15) is 0 Å². The molecule has 0 bridgehead atoms. The Morgan fingerprint density at radius 1 is 0.500 bits per heavy atom. The molecule has 2 aromatic heterocycles. The number of anilines is 2. The molecule has 0 atom stereocenters. The number of hydrogen-bond acceptors (Lipinski definition) is 2. The first-order valence-electron chi connectivity index (χ1n) is 24.0.